The van der Waals surface area contributed by atoms with E-state index < -0.39 is 0 Å². The molecule has 0 spiro atoms. The second-order valence-electron chi connectivity index (χ2n) is 7.47. The lowest BCUT2D eigenvalue weighted by molar-refractivity contribution is -0.0956. The van der Waals surface area contributed by atoms with Gasteiger partial charge in [-0.2, -0.15) is 0 Å². The molecule has 2 aliphatic heterocycles. The summed E-state index contributed by atoms with van der Waals surface area (Å²) in [4.78, 5) is 20.8. The van der Waals surface area contributed by atoms with Crippen LogP contribution in [0.3, 0.4) is 0 Å². The Hall–Kier alpha value is -1.89. The highest BCUT2D eigenvalue weighted by atomic mass is 32.2. The second kappa shape index (κ2) is 8.64. The lowest BCUT2D eigenvalue weighted by Crippen LogP contribution is -2.41. The Kier molecular flexibility index (Phi) is 5.99. The number of carbonyl (C=O) groups excluding carboxylic acids is 1. The summed E-state index contributed by atoms with van der Waals surface area (Å²) >= 11 is 1.56. The molecule has 0 atom stereocenters. The summed E-state index contributed by atoms with van der Waals surface area (Å²) < 4.78 is 11.3. The molecule has 2 aliphatic rings. The normalized spacial score (nSPS) is 18.6. The second-order valence-corrected chi connectivity index (χ2v) is 8.50. The number of aryl methyl sites for hydroxylation is 2. The van der Waals surface area contributed by atoms with Crippen molar-refractivity contribution in [1.82, 2.24) is 9.88 Å². The van der Waals surface area contributed by atoms with Crippen LogP contribution in [0.4, 0.5) is 0 Å². The summed E-state index contributed by atoms with van der Waals surface area (Å²) in [6, 6.07) is 10.1. The first-order valence-electron chi connectivity index (χ1n) is 9.84. The highest BCUT2D eigenvalue weighted by Gasteiger charge is 2.32. The SMILES string of the molecule is Cc1ccc(Sc2ncccc2C(=O)N2CCC(C3OCCO3)CC2)c(C)c1. The average molecular weight is 399 g/mol. The number of amides is 1. The average Bonchev–Trinajstić information content (AvgIpc) is 3.25. The van der Waals surface area contributed by atoms with Crippen LogP contribution in [0.2, 0.25) is 0 Å². The molecule has 4 rings (SSSR count). The van der Waals surface area contributed by atoms with Gasteiger partial charge in [-0.05, 0) is 50.5 Å². The van der Waals surface area contributed by atoms with Gasteiger partial charge in [-0.3, -0.25) is 4.79 Å². The van der Waals surface area contributed by atoms with Crippen molar-refractivity contribution < 1.29 is 14.3 Å². The molecule has 2 fully saturated rings. The Balaban J connectivity index is 1.46. The van der Waals surface area contributed by atoms with Gasteiger partial charge in [-0.1, -0.05) is 29.5 Å². The molecule has 0 N–H and O–H groups in total. The predicted octanol–water partition coefficient (Wildman–Crippen LogP) is 4.07. The fourth-order valence-electron chi connectivity index (χ4n) is 3.85. The Morgan fingerprint density at radius 2 is 1.89 bits per heavy atom. The highest BCUT2D eigenvalue weighted by Crippen LogP contribution is 2.33. The number of likely N-dealkylation sites (tertiary alicyclic amines) is 1. The Bertz CT molecular complexity index is 843. The molecule has 3 heterocycles. The van der Waals surface area contributed by atoms with E-state index in [0.29, 0.717) is 24.7 Å². The highest BCUT2D eigenvalue weighted by molar-refractivity contribution is 7.99. The van der Waals surface area contributed by atoms with Crippen molar-refractivity contribution in [2.24, 2.45) is 5.92 Å². The van der Waals surface area contributed by atoms with E-state index in [2.05, 4.69) is 37.0 Å². The van der Waals surface area contributed by atoms with Crippen LogP contribution in [0.1, 0.15) is 34.3 Å². The van der Waals surface area contributed by atoms with E-state index in [1.165, 1.54) is 11.1 Å². The molecule has 5 nitrogen and oxygen atoms in total. The quantitative estimate of drug-likeness (QED) is 0.777. The molecule has 1 amide bonds. The van der Waals surface area contributed by atoms with Gasteiger partial charge in [0.2, 0.25) is 0 Å². The van der Waals surface area contributed by atoms with Crippen LogP contribution in [0.5, 0.6) is 0 Å². The van der Waals surface area contributed by atoms with Crippen molar-refractivity contribution in [1.29, 1.82) is 0 Å². The Labute approximate surface area is 170 Å². The summed E-state index contributed by atoms with van der Waals surface area (Å²) in [5, 5.41) is 0.768. The zero-order chi connectivity index (χ0) is 19.5. The van der Waals surface area contributed by atoms with E-state index in [1.54, 1.807) is 18.0 Å². The Morgan fingerprint density at radius 1 is 1.14 bits per heavy atom. The zero-order valence-corrected chi connectivity index (χ0v) is 17.2. The van der Waals surface area contributed by atoms with Gasteiger partial charge in [-0.25, -0.2) is 4.98 Å². The van der Waals surface area contributed by atoms with Crippen molar-refractivity contribution in [3.63, 3.8) is 0 Å². The zero-order valence-electron chi connectivity index (χ0n) is 16.4. The maximum absolute atomic E-state index is 13.2. The number of ether oxygens (including phenoxy) is 2. The summed E-state index contributed by atoms with van der Waals surface area (Å²) in [7, 11) is 0. The van der Waals surface area contributed by atoms with Gasteiger partial charge in [0.25, 0.3) is 5.91 Å². The third-order valence-electron chi connectivity index (χ3n) is 5.40. The number of nitrogens with zero attached hydrogens (tertiary/aromatic N) is 2. The number of pyridine rings is 1. The van der Waals surface area contributed by atoms with E-state index in [1.807, 2.05) is 17.0 Å². The minimum atomic E-state index is -0.0914. The standard InChI is InChI=1S/C22H26N2O3S/c1-15-5-6-19(16(2)14-15)28-20-18(4-3-9-23-20)21(25)24-10-7-17(8-11-24)22-26-12-13-27-22/h3-6,9,14,17,22H,7-8,10-13H2,1-2H3. The van der Waals surface area contributed by atoms with Gasteiger partial charge in [0.15, 0.2) is 6.29 Å². The first kappa shape index (κ1) is 19.4. The van der Waals surface area contributed by atoms with Crippen LogP contribution < -0.4 is 0 Å². The van der Waals surface area contributed by atoms with Gasteiger partial charge < -0.3 is 14.4 Å². The summed E-state index contributed by atoms with van der Waals surface area (Å²) in [6.07, 6.45) is 3.49. The van der Waals surface area contributed by atoms with Crippen molar-refractivity contribution in [2.45, 2.75) is 42.9 Å². The number of aromatic nitrogens is 1. The first-order chi connectivity index (χ1) is 13.6. The van der Waals surface area contributed by atoms with Gasteiger partial charge in [-0.15, -0.1) is 0 Å². The van der Waals surface area contributed by atoms with Gasteiger partial charge in [0, 0.05) is 30.1 Å². The van der Waals surface area contributed by atoms with Crippen LogP contribution in [-0.4, -0.2) is 48.4 Å². The molecular weight excluding hydrogens is 372 g/mol. The van der Waals surface area contributed by atoms with Crippen molar-refractivity contribution >= 4 is 17.7 Å². The maximum atomic E-state index is 13.2. The molecule has 6 heteroatoms. The van der Waals surface area contributed by atoms with E-state index in [9.17, 15) is 4.79 Å². The fraction of sp³-hybridized carbons (Fsp3) is 0.455. The van der Waals surface area contributed by atoms with Crippen molar-refractivity contribution in [3.05, 3.63) is 53.2 Å². The molecule has 0 unspecified atom stereocenters. The van der Waals surface area contributed by atoms with Gasteiger partial charge >= 0.3 is 0 Å². The van der Waals surface area contributed by atoms with Crippen LogP contribution >= 0.6 is 11.8 Å². The summed E-state index contributed by atoms with van der Waals surface area (Å²) in [5.41, 5.74) is 3.11. The third kappa shape index (κ3) is 4.24. The molecule has 28 heavy (non-hydrogen) atoms. The van der Waals surface area contributed by atoms with Crippen LogP contribution in [0.25, 0.3) is 0 Å². The summed E-state index contributed by atoms with van der Waals surface area (Å²) in [5.74, 6) is 0.441. The van der Waals surface area contributed by atoms with E-state index in [0.717, 1.165) is 35.9 Å². The number of benzene rings is 1. The maximum Gasteiger partial charge on any atom is 0.256 e. The molecule has 1 aromatic heterocycles. The Morgan fingerprint density at radius 3 is 2.61 bits per heavy atom. The first-order valence-corrected chi connectivity index (χ1v) is 10.7. The van der Waals surface area contributed by atoms with Crippen molar-refractivity contribution in [3.8, 4) is 0 Å². The monoisotopic (exact) mass is 398 g/mol. The van der Waals surface area contributed by atoms with Crippen LogP contribution in [0, 0.1) is 19.8 Å². The molecule has 0 aliphatic carbocycles. The molecule has 2 aromatic rings. The topological polar surface area (TPSA) is 51.7 Å². The molecule has 0 radical (unpaired) electrons. The molecule has 2 saturated heterocycles. The third-order valence-corrected chi connectivity index (χ3v) is 6.59. The number of hydrogen-bond donors (Lipinski definition) is 0. The number of hydrogen-bond acceptors (Lipinski definition) is 5. The van der Waals surface area contributed by atoms with Crippen LogP contribution in [0.15, 0.2) is 46.5 Å². The predicted molar refractivity (Wildman–Crippen MR) is 109 cm³/mol. The number of rotatable bonds is 4. The molecule has 0 bridgehead atoms. The lowest BCUT2D eigenvalue weighted by atomic mass is 9.96. The minimum Gasteiger partial charge on any atom is -0.350 e. The van der Waals surface area contributed by atoms with Crippen LogP contribution in [-0.2, 0) is 9.47 Å². The number of piperidine rings is 1. The van der Waals surface area contributed by atoms with Gasteiger partial charge in [0.05, 0.1) is 18.8 Å². The smallest absolute Gasteiger partial charge is 0.256 e. The molecular formula is C22H26N2O3S. The molecule has 148 valence electrons. The number of carbonyl (C=O) groups is 1. The minimum absolute atomic E-state index is 0.0621. The van der Waals surface area contributed by atoms with Crippen molar-refractivity contribution in [2.75, 3.05) is 26.3 Å². The van der Waals surface area contributed by atoms with E-state index in [-0.39, 0.29) is 12.2 Å². The largest absolute Gasteiger partial charge is 0.350 e. The molecule has 0 saturated carbocycles. The summed E-state index contributed by atoms with van der Waals surface area (Å²) in [6.45, 7) is 7.00. The fourth-order valence-corrected chi connectivity index (χ4v) is 4.79. The lowest BCUT2D eigenvalue weighted by Gasteiger charge is -2.34. The van der Waals surface area contributed by atoms with Gasteiger partial charge in [0.1, 0.15) is 5.03 Å². The van der Waals surface area contributed by atoms with E-state index in [4.69, 9.17) is 9.47 Å². The molecule has 1 aromatic carbocycles. The van der Waals surface area contributed by atoms with E-state index >= 15 is 0 Å².